The minimum absolute atomic E-state index is 0.0203. The number of aromatic amines is 1. The number of nitrogens with zero attached hydrogens (tertiary/aromatic N) is 5. The number of rotatable bonds is 9. The number of ether oxygens (including phenoxy) is 1. The Balaban J connectivity index is 1.70. The zero-order valence-corrected chi connectivity index (χ0v) is 19.0. The number of aliphatic hydroxyl groups excluding tert-OH is 1. The van der Waals surface area contributed by atoms with Gasteiger partial charge in [0.1, 0.15) is 5.75 Å². The second-order valence-corrected chi connectivity index (χ2v) is 8.88. The minimum Gasteiger partial charge on any atom is -0.497 e. The summed E-state index contributed by atoms with van der Waals surface area (Å²) in [5, 5.41) is 23.4. The Bertz CT molecular complexity index is 1100. The molecule has 32 heavy (non-hydrogen) atoms. The van der Waals surface area contributed by atoms with Crippen LogP contribution in [0.1, 0.15) is 63.0 Å². The van der Waals surface area contributed by atoms with Crippen molar-refractivity contribution in [1.82, 2.24) is 30.1 Å². The molecule has 2 heterocycles. The van der Waals surface area contributed by atoms with Gasteiger partial charge in [0.05, 0.1) is 25.8 Å². The summed E-state index contributed by atoms with van der Waals surface area (Å²) in [6.07, 6.45) is 4.53. The number of nitrogens with one attached hydrogen (secondary N) is 1. The summed E-state index contributed by atoms with van der Waals surface area (Å²) in [6.45, 7) is 5.02. The smallest absolute Gasteiger partial charge is 0.252 e. The Morgan fingerprint density at radius 3 is 2.75 bits per heavy atom. The summed E-state index contributed by atoms with van der Waals surface area (Å²) in [7, 11) is 1.62. The van der Waals surface area contributed by atoms with Gasteiger partial charge in [-0.3, -0.25) is 9.69 Å². The highest BCUT2D eigenvalue weighted by molar-refractivity contribution is 5.80. The van der Waals surface area contributed by atoms with Crippen molar-refractivity contribution in [3.63, 3.8) is 0 Å². The third-order valence-corrected chi connectivity index (χ3v) is 6.37. The maximum absolute atomic E-state index is 12.9. The van der Waals surface area contributed by atoms with Crippen molar-refractivity contribution in [3.05, 3.63) is 46.0 Å². The van der Waals surface area contributed by atoms with Crippen LogP contribution in [0.2, 0.25) is 0 Å². The maximum atomic E-state index is 12.9. The lowest BCUT2D eigenvalue weighted by atomic mass is 10.00. The van der Waals surface area contributed by atoms with Gasteiger partial charge in [0.25, 0.3) is 5.56 Å². The highest BCUT2D eigenvalue weighted by atomic mass is 16.5. The molecule has 0 aliphatic heterocycles. The molecule has 2 N–H and O–H groups in total. The van der Waals surface area contributed by atoms with E-state index >= 15 is 0 Å². The van der Waals surface area contributed by atoms with Crippen molar-refractivity contribution in [3.8, 4) is 5.75 Å². The third kappa shape index (κ3) is 4.54. The summed E-state index contributed by atoms with van der Waals surface area (Å²) in [5.74, 6) is 1.73. The van der Waals surface area contributed by atoms with E-state index in [0.29, 0.717) is 24.7 Å². The van der Waals surface area contributed by atoms with Gasteiger partial charge in [0.2, 0.25) is 0 Å². The Labute approximate surface area is 187 Å². The fourth-order valence-electron chi connectivity index (χ4n) is 4.83. The number of fused-ring (bicyclic) bond motifs is 1. The number of hydrogen-bond acceptors (Lipinski definition) is 7. The number of aliphatic hydroxyl groups is 1. The molecule has 9 nitrogen and oxygen atoms in total. The summed E-state index contributed by atoms with van der Waals surface area (Å²) in [5.41, 5.74) is 1.26. The first kappa shape index (κ1) is 22.4. The van der Waals surface area contributed by atoms with Crippen LogP contribution in [0.4, 0.5) is 0 Å². The Morgan fingerprint density at radius 2 is 2.06 bits per heavy atom. The standard InChI is InChI=1S/C23H32N6O3/c1-15(2)21(22-25-26-27-29(22)18-6-4-5-7-18)28(10-11-30)14-17-12-16-13-19(32-3)8-9-20(16)24-23(17)31/h8-9,12-13,15,18,21,30H,4-7,10-11,14H2,1-3H3,(H,24,31)/t21-/m1/s1. The molecule has 0 amide bonds. The first-order valence-corrected chi connectivity index (χ1v) is 11.3. The predicted octanol–water partition coefficient (Wildman–Crippen LogP) is 2.83. The SMILES string of the molecule is COc1ccc2[nH]c(=O)c(CN(CCO)[C@@H](c3nnnn3C3CCCC3)C(C)C)cc2c1. The fraction of sp³-hybridized carbons (Fsp3) is 0.565. The van der Waals surface area contributed by atoms with Crippen LogP contribution in [0.5, 0.6) is 5.75 Å². The molecule has 4 rings (SSSR count). The van der Waals surface area contributed by atoms with Crippen molar-refractivity contribution >= 4 is 10.9 Å². The van der Waals surface area contributed by atoms with E-state index in [1.165, 1.54) is 12.8 Å². The zero-order valence-electron chi connectivity index (χ0n) is 19.0. The monoisotopic (exact) mass is 440 g/mol. The number of aromatic nitrogens is 5. The predicted molar refractivity (Wildman–Crippen MR) is 122 cm³/mol. The van der Waals surface area contributed by atoms with E-state index < -0.39 is 0 Å². The van der Waals surface area contributed by atoms with Gasteiger partial charge in [0.15, 0.2) is 5.82 Å². The van der Waals surface area contributed by atoms with Gasteiger partial charge in [-0.2, -0.15) is 0 Å². The number of tetrazole rings is 1. The quantitative estimate of drug-likeness (QED) is 0.526. The van der Waals surface area contributed by atoms with Crippen molar-refractivity contribution in [2.75, 3.05) is 20.3 Å². The molecule has 0 bridgehead atoms. The molecule has 1 aliphatic carbocycles. The molecule has 0 radical (unpaired) electrons. The first-order chi connectivity index (χ1) is 15.5. The second kappa shape index (κ2) is 9.79. The van der Waals surface area contributed by atoms with Crippen LogP contribution in [-0.4, -0.2) is 55.5 Å². The lowest BCUT2D eigenvalue weighted by Crippen LogP contribution is -2.37. The average Bonchev–Trinajstić information content (AvgIpc) is 3.46. The Morgan fingerprint density at radius 1 is 1.28 bits per heavy atom. The highest BCUT2D eigenvalue weighted by Crippen LogP contribution is 2.34. The number of H-pyrrole nitrogens is 1. The van der Waals surface area contributed by atoms with Crippen LogP contribution in [-0.2, 0) is 6.54 Å². The Hall–Kier alpha value is -2.78. The van der Waals surface area contributed by atoms with E-state index in [0.717, 1.165) is 35.3 Å². The lowest BCUT2D eigenvalue weighted by molar-refractivity contribution is 0.104. The van der Waals surface area contributed by atoms with Gasteiger partial charge in [-0.05, 0) is 53.5 Å². The lowest BCUT2D eigenvalue weighted by Gasteiger charge is -2.33. The summed E-state index contributed by atoms with van der Waals surface area (Å²) >= 11 is 0. The molecule has 9 heteroatoms. The van der Waals surface area contributed by atoms with Crippen LogP contribution in [0.15, 0.2) is 29.1 Å². The van der Waals surface area contributed by atoms with Crippen LogP contribution < -0.4 is 10.3 Å². The molecule has 2 aromatic heterocycles. The van der Waals surface area contributed by atoms with E-state index in [4.69, 9.17) is 4.74 Å². The van der Waals surface area contributed by atoms with Crippen LogP contribution >= 0.6 is 0 Å². The molecule has 0 unspecified atom stereocenters. The third-order valence-electron chi connectivity index (χ3n) is 6.37. The van der Waals surface area contributed by atoms with Crippen molar-refractivity contribution in [2.45, 2.75) is 58.2 Å². The summed E-state index contributed by atoms with van der Waals surface area (Å²) < 4.78 is 7.30. The van der Waals surface area contributed by atoms with Crippen molar-refractivity contribution in [1.29, 1.82) is 0 Å². The molecule has 172 valence electrons. The van der Waals surface area contributed by atoms with E-state index in [1.807, 2.05) is 28.9 Å². The number of methoxy groups -OCH3 is 1. The number of pyridine rings is 1. The van der Waals surface area contributed by atoms with Gasteiger partial charge < -0.3 is 14.8 Å². The van der Waals surface area contributed by atoms with Gasteiger partial charge in [-0.1, -0.05) is 26.7 Å². The molecule has 1 saturated carbocycles. The second-order valence-electron chi connectivity index (χ2n) is 8.88. The minimum atomic E-state index is -0.136. The van der Waals surface area contributed by atoms with Gasteiger partial charge in [-0.15, -0.1) is 5.10 Å². The molecule has 0 saturated heterocycles. The molecule has 3 aromatic rings. The molecular formula is C23H32N6O3. The van der Waals surface area contributed by atoms with Crippen molar-refractivity contribution in [2.24, 2.45) is 5.92 Å². The molecule has 1 atom stereocenters. The summed E-state index contributed by atoms with van der Waals surface area (Å²) in [4.78, 5) is 17.9. The molecule has 0 spiro atoms. The summed E-state index contributed by atoms with van der Waals surface area (Å²) in [6, 6.07) is 7.67. The first-order valence-electron chi connectivity index (χ1n) is 11.3. The molecule has 1 aromatic carbocycles. The zero-order chi connectivity index (χ0) is 22.7. The molecule has 1 fully saturated rings. The van der Waals surface area contributed by atoms with E-state index in [-0.39, 0.29) is 24.1 Å². The number of benzene rings is 1. The number of hydrogen-bond donors (Lipinski definition) is 2. The van der Waals surface area contributed by atoms with E-state index in [9.17, 15) is 9.90 Å². The van der Waals surface area contributed by atoms with Gasteiger partial charge >= 0.3 is 0 Å². The normalized spacial score (nSPS) is 15.8. The average molecular weight is 441 g/mol. The van der Waals surface area contributed by atoms with Crippen LogP contribution in [0, 0.1) is 5.92 Å². The molecule has 1 aliphatic rings. The van der Waals surface area contributed by atoms with E-state index in [2.05, 4.69) is 39.3 Å². The van der Waals surface area contributed by atoms with Crippen LogP contribution in [0.3, 0.4) is 0 Å². The Kier molecular flexibility index (Phi) is 6.86. The highest BCUT2D eigenvalue weighted by Gasteiger charge is 2.32. The van der Waals surface area contributed by atoms with E-state index in [1.54, 1.807) is 7.11 Å². The topological polar surface area (TPSA) is 109 Å². The van der Waals surface area contributed by atoms with Gasteiger partial charge in [0, 0.05) is 29.6 Å². The molecular weight excluding hydrogens is 408 g/mol. The van der Waals surface area contributed by atoms with Crippen molar-refractivity contribution < 1.29 is 9.84 Å². The maximum Gasteiger partial charge on any atom is 0.252 e. The van der Waals surface area contributed by atoms with Gasteiger partial charge in [-0.25, -0.2) is 4.68 Å². The largest absolute Gasteiger partial charge is 0.497 e. The fourth-order valence-corrected chi connectivity index (χ4v) is 4.83. The van der Waals surface area contributed by atoms with Crippen LogP contribution in [0.25, 0.3) is 10.9 Å².